The number of likely N-dealkylation sites (N-methyl/N-ethyl adjacent to an activating group) is 1. The van der Waals surface area contributed by atoms with Crippen LogP contribution in [0.4, 0.5) is 0 Å². The van der Waals surface area contributed by atoms with Crippen molar-refractivity contribution < 1.29 is 4.79 Å². The predicted molar refractivity (Wildman–Crippen MR) is 83.0 cm³/mol. The molecule has 1 aromatic carbocycles. The lowest BCUT2D eigenvalue weighted by molar-refractivity contribution is -0.128. The topological polar surface area (TPSA) is 46.3 Å². The van der Waals surface area contributed by atoms with Crippen molar-refractivity contribution in [3.8, 4) is 0 Å². The van der Waals surface area contributed by atoms with Crippen LogP contribution in [0.15, 0.2) is 36.4 Å². The fourth-order valence-electron chi connectivity index (χ4n) is 2.99. The molecule has 0 bridgehead atoms. The summed E-state index contributed by atoms with van der Waals surface area (Å²) in [7, 11) is 1.90. The van der Waals surface area contributed by atoms with Gasteiger partial charge in [-0.2, -0.15) is 0 Å². The average Bonchev–Trinajstić information content (AvgIpc) is 2.52. The molecule has 1 saturated carbocycles. The summed E-state index contributed by atoms with van der Waals surface area (Å²) >= 11 is 0. The Morgan fingerprint density at radius 1 is 1.30 bits per heavy atom. The molecule has 1 fully saturated rings. The molecule has 20 heavy (non-hydrogen) atoms. The summed E-state index contributed by atoms with van der Waals surface area (Å²) in [5.41, 5.74) is 6.89. The van der Waals surface area contributed by atoms with Gasteiger partial charge in [0, 0.05) is 19.2 Å². The van der Waals surface area contributed by atoms with Gasteiger partial charge in [0.2, 0.25) is 5.91 Å². The second kappa shape index (κ2) is 7.25. The molecule has 1 amide bonds. The number of amides is 1. The number of benzene rings is 1. The van der Waals surface area contributed by atoms with E-state index in [0.717, 1.165) is 18.4 Å². The summed E-state index contributed by atoms with van der Waals surface area (Å²) in [4.78, 5) is 14.1. The van der Waals surface area contributed by atoms with Crippen LogP contribution in [0, 0.1) is 5.92 Å². The van der Waals surface area contributed by atoms with E-state index in [9.17, 15) is 4.79 Å². The second-order valence-corrected chi connectivity index (χ2v) is 5.54. The van der Waals surface area contributed by atoms with Gasteiger partial charge in [0.1, 0.15) is 0 Å². The zero-order valence-corrected chi connectivity index (χ0v) is 12.2. The standard InChI is InChI=1S/C17H24N2O/c1-19(16-10-6-5-9-15(16)13-18)17(20)12-11-14-7-3-2-4-8-14/h2-4,7-8,11-12,15-16H,5-6,9-10,13,18H2,1H3. The first kappa shape index (κ1) is 14.8. The molecular weight excluding hydrogens is 248 g/mol. The molecule has 0 radical (unpaired) electrons. The summed E-state index contributed by atoms with van der Waals surface area (Å²) in [6.07, 6.45) is 8.18. The highest BCUT2D eigenvalue weighted by Gasteiger charge is 2.28. The molecule has 2 rings (SSSR count). The van der Waals surface area contributed by atoms with E-state index in [-0.39, 0.29) is 5.91 Å². The van der Waals surface area contributed by atoms with E-state index in [1.54, 1.807) is 6.08 Å². The smallest absolute Gasteiger partial charge is 0.246 e. The van der Waals surface area contributed by atoms with Crippen LogP contribution in [0.25, 0.3) is 6.08 Å². The minimum absolute atomic E-state index is 0.0687. The molecule has 0 spiro atoms. The minimum Gasteiger partial charge on any atom is -0.339 e. The first-order valence-corrected chi connectivity index (χ1v) is 7.42. The van der Waals surface area contributed by atoms with Gasteiger partial charge in [-0.05, 0) is 36.9 Å². The summed E-state index contributed by atoms with van der Waals surface area (Å²) in [5.74, 6) is 0.516. The maximum atomic E-state index is 12.3. The quantitative estimate of drug-likeness (QED) is 0.857. The highest BCUT2D eigenvalue weighted by Crippen LogP contribution is 2.27. The van der Waals surface area contributed by atoms with Crippen molar-refractivity contribution in [2.24, 2.45) is 11.7 Å². The van der Waals surface area contributed by atoms with Gasteiger partial charge >= 0.3 is 0 Å². The molecule has 2 unspecified atom stereocenters. The number of nitrogens with two attached hydrogens (primary N) is 1. The van der Waals surface area contributed by atoms with Crippen molar-refractivity contribution in [2.45, 2.75) is 31.7 Å². The van der Waals surface area contributed by atoms with E-state index < -0.39 is 0 Å². The lowest BCUT2D eigenvalue weighted by atomic mass is 9.83. The van der Waals surface area contributed by atoms with Crippen molar-refractivity contribution in [1.29, 1.82) is 0 Å². The Morgan fingerprint density at radius 2 is 2.00 bits per heavy atom. The lowest BCUT2D eigenvalue weighted by Gasteiger charge is -2.37. The lowest BCUT2D eigenvalue weighted by Crippen LogP contribution is -2.45. The maximum absolute atomic E-state index is 12.3. The molecule has 3 heteroatoms. The second-order valence-electron chi connectivity index (χ2n) is 5.54. The van der Waals surface area contributed by atoms with Crippen LogP contribution < -0.4 is 5.73 Å². The number of carbonyl (C=O) groups excluding carboxylic acids is 1. The molecule has 0 saturated heterocycles. The van der Waals surface area contributed by atoms with Crippen LogP contribution in [-0.2, 0) is 4.79 Å². The molecule has 2 atom stereocenters. The van der Waals surface area contributed by atoms with Gasteiger partial charge in [0.05, 0.1) is 0 Å². The third-order valence-electron chi connectivity index (χ3n) is 4.23. The van der Waals surface area contributed by atoms with Crippen molar-refractivity contribution in [1.82, 2.24) is 4.90 Å². The molecule has 2 N–H and O–H groups in total. The van der Waals surface area contributed by atoms with Crippen LogP contribution >= 0.6 is 0 Å². The van der Waals surface area contributed by atoms with Gasteiger partial charge in [0.15, 0.2) is 0 Å². The number of hydrogen-bond acceptors (Lipinski definition) is 2. The van der Waals surface area contributed by atoms with Crippen LogP contribution in [0.2, 0.25) is 0 Å². The van der Waals surface area contributed by atoms with Gasteiger partial charge in [-0.15, -0.1) is 0 Å². The monoisotopic (exact) mass is 272 g/mol. The Bertz CT molecular complexity index is 455. The van der Waals surface area contributed by atoms with Crippen LogP contribution in [-0.4, -0.2) is 30.4 Å². The first-order valence-electron chi connectivity index (χ1n) is 7.42. The molecule has 1 aliphatic rings. The van der Waals surface area contributed by atoms with Crippen molar-refractivity contribution in [3.05, 3.63) is 42.0 Å². The third kappa shape index (κ3) is 3.70. The Kier molecular flexibility index (Phi) is 5.36. The molecule has 0 aromatic heterocycles. The summed E-state index contributed by atoms with van der Waals surface area (Å²) in [6.45, 7) is 0.671. The fraction of sp³-hybridized carbons (Fsp3) is 0.471. The zero-order valence-electron chi connectivity index (χ0n) is 12.2. The number of carbonyl (C=O) groups is 1. The van der Waals surface area contributed by atoms with E-state index in [1.807, 2.05) is 48.4 Å². The van der Waals surface area contributed by atoms with E-state index >= 15 is 0 Å². The predicted octanol–water partition coefficient (Wildman–Crippen LogP) is 2.68. The molecule has 108 valence electrons. The van der Waals surface area contributed by atoms with Crippen molar-refractivity contribution in [2.75, 3.05) is 13.6 Å². The normalized spacial score (nSPS) is 22.9. The Labute approximate surface area is 121 Å². The average molecular weight is 272 g/mol. The highest BCUT2D eigenvalue weighted by atomic mass is 16.2. The van der Waals surface area contributed by atoms with E-state index in [0.29, 0.717) is 18.5 Å². The third-order valence-corrected chi connectivity index (χ3v) is 4.23. The summed E-state index contributed by atoms with van der Waals surface area (Å²) in [6, 6.07) is 10.2. The van der Waals surface area contributed by atoms with Crippen LogP contribution in [0.1, 0.15) is 31.2 Å². The highest BCUT2D eigenvalue weighted by molar-refractivity contribution is 5.91. The van der Waals surface area contributed by atoms with Crippen LogP contribution in [0.5, 0.6) is 0 Å². The largest absolute Gasteiger partial charge is 0.339 e. The van der Waals surface area contributed by atoms with Gasteiger partial charge in [-0.1, -0.05) is 43.2 Å². The van der Waals surface area contributed by atoms with E-state index in [2.05, 4.69) is 0 Å². The molecule has 3 nitrogen and oxygen atoms in total. The van der Waals surface area contributed by atoms with Crippen molar-refractivity contribution in [3.63, 3.8) is 0 Å². The van der Waals surface area contributed by atoms with Crippen molar-refractivity contribution >= 4 is 12.0 Å². The fourth-order valence-corrected chi connectivity index (χ4v) is 2.99. The number of hydrogen-bond donors (Lipinski definition) is 1. The summed E-state index contributed by atoms with van der Waals surface area (Å²) in [5, 5.41) is 0. The zero-order chi connectivity index (χ0) is 14.4. The first-order chi connectivity index (χ1) is 9.72. The molecule has 0 heterocycles. The Balaban J connectivity index is 1.99. The van der Waals surface area contributed by atoms with E-state index in [1.165, 1.54) is 12.8 Å². The number of rotatable bonds is 4. The van der Waals surface area contributed by atoms with Crippen LogP contribution in [0.3, 0.4) is 0 Å². The minimum atomic E-state index is 0.0687. The number of nitrogens with zero attached hydrogens (tertiary/aromatic N) is 1. The molecular formula is C17H24N2O. The van der Waals surface area contributed by atoms with E-state index in [4.69, 9.17) is 5.73 Å². The summed E-state index contributed by atoms with van der Waals surface area (Å²) < 4.78 is 0. The van der Waals surface area contributed by atoms with Gasteiger partial charge in [0.25, 0.3) is 0 Å². The van der Waals surface area contributed by atoms with Gasteiger partial charge in [-0.3, -0.25) is 4.79 Å². The molecule has 0 aliphatic heterocycles. The molecule has 1 aliphatic carbocycles. The maximum Gasteiger partial charge on any atom is 0.246 e. The SMILES string of the molecule is CN(C(=O)C=Cc1ccccc1)C1CCCCC1CN. The van der Waals surface area contributed by atoms with Gasteiger partial charge < -0.3 is 10.6 Å². The molecule has 1 aromatic rings. The Hall–Kier alpha value is -1.61. The van der Waals surface area contributed by atoms with Gasteiger partial charge in [-0.25, -0.2) is 0 Å². The Morgan fingerprint density at radius 3 is 2.70 bits per heavy atom.